The average molecular weight is 303 g/mol. The summed E-state index contributed by atoms with van der Waals surface area (Å²) in [6.07, 6.45) is 0. The van der Waals surface area contributed by atoms with E-state index in [0.29, 0.717) is 23.6 Å². The molecule has 0 bridgehead atoms. The lowest BCUT2D eigenvalue weighted by Crippen LogP contribution is -2.27. The first-order valence-electron chi connectivity index (χ1n) is 6.45. The van der Waals surface area contributed by atoms with Gasteiger partial charge in [0.15, 0.2) is 0 Å². The molecule has 0 aliphatic heterocycles. The monoisotopic (exact) mass is 302 g/mol. The smallest absolute Gasteiger partial charge is 0.338 e. The molecule has 1 rings (SSSR count). The minimum Gasteiger partial charge on any atom is -0.495 e. The van der Waals surface area contributed by atoms with Crippen molar-refractivity contribution in [3.05, 3.63) is 23.8 Å². The number of hydrogen-bond donors (Lipinski definition) is 1. The van der Waals surface area contributed by atoms with Crippen molar-refractivity contribution in [2.45, 2.75) is 13.8 Å². The SMILES string of the molecule is CCN(CC)CCOC(=O)c1ccc(N)c(OC)c1.Cl. The van der Waals surface area contributed by atoms with Crippen LogP contribution in [0.1, 0.15) is 24.2 Å². The Hall–Kier alpha value is -1.46. The topological polar surface area (TPSA) is 64.8 Å². The molecule has 0 fully saturated rings. The van der Waals surface area contributed by atoms with Crippen LogP contribution in [0.5, 0.6) is 5.75 Å². The molecule has 0 unspecified atom stereocenters. The van der Waals surface area contributed by atoms with Crippen LogP contribution >= 0.6 is 12.4 Å². The van der Waals surface area contributed by atoms with Gasteiger partial charge in [0.05, 0.1) is 18.4 Å². The lowest BCUT2D eigenvalue weighted by Gasteiger charge is -2.17. The van der Waals surface area contributed by atoms with Gasteiger partial charge in [-0.3, -0.25) is 0 Å². The number of esters is 1. The summed E-state index contributed by atoms with van der Waals surface area (Å²) >= 11 is 0. The first-order chi connectivity index (χ1) is 9.12. The summed E-state index contributed by atoms with van der Waals surface area (Å²) < 4.78 is 10.3. The third-order valence-electron chi connectivity index (χ3n) is 3.00. The number of rotatable bonds is 7. The molecule has 0 atom stereocenters. The maximum Gasteiger partial charge on any atom is 0.338 e. The third kappa shape index (κ3) is 5.27. The summed E-state index contributed by atoms with van der Waals surface area (Å²) in [4.78, 5) is 14.0. The highest BCUT2D eigenvalue weighted by atomic mass is 35.5. The zero-order valence-corrected chi connectivity index (χ0v) is 13.0. The molecule has 0 radical (unpaired) electrons. The molecule has 0 aliphatic rings. The number of anilines is 1. The van der Waals surface area contributed by atoms with E-state index < -0.39 is 0 Å². The van der Waals surface area contributed by atoms with Crippen LogP contribution in [0, 0.1) is 0 Å². The molecule has 0 saturated heterocycles. The maximum atomic E-state index is 11.8. The second kappa shape index (κ2) is 9.44. The van der Waals surface area contributed by atoms with Gasteiger partial charge >= 0.3 is 5.97 Å². The standard InChI is InChI=1S/C14H22N2O3.ClH/c1-4-16(5-2)8-9-19-14(17)11-6-7-12(15)13(10-11)18-3;/h6-7,10H,4-5,8-9,15H2,1-3H3;1H. The predicted molar refractivity (Wildman–Crippen MR) is 82.7 cm³/mol. The molecule has 0 spiro atoms. The normalized spacial score (nSPS) is 10.0. The minimum absolute atomic E-state index is 0. The van der Waals surface area contributed by atoms with Gasteiger partial charge in [-0.2, -0.15) is 0 Å². The molecule has 0 aliphatic carbocycles. The van der Waals surface area contributed by atoms with E-state index in [4.69, 9.17) is 15.2 Å². The minimum atomic E-state index is -0.356. The molecule has 0 aromatic heterocycles. The number of nitrogen functional groups attached to an aromatic ring is 1. The van der Waals surface area contributed by atoms with Gasteiger partial charge in [-0.1, -0.05) is 13.8 Å². The molecule has 1 aromatic rings. The number of likely N-dealkylation sites (N-methyl/N-ethyl adjacent to an activating group) is 1. The van der Waals surface area contributed by atoms with Crippen LogP contribution in [0.2, 0.25) is 0 Å². The number of carbonyl (C=O) groups is 1. The van der Waals surface area contributed by atoms with E-state index in [1.807, 2.05) is 0 Å². The van der Waals surface area contributed by atoms with Crippen molar-refractivity contribution < 1.29 is 14.3 Å². The van der Waals surface area contributed by atoms with Crippen LogP contribution in [0.3, 0.4) is 0 Å². The van der Waals surface area contributed by atoms with Crippen LogP contribution < -0.4 is 10.5 Å². The maximum absolute atomic E-state index is 11.8. The van der Waals surface area contributed by atoms with Crippen LogP contribution in [-0.2, 0) is 4.74 Å². The van der Waals surface area contributed by atoms with E-state index in [9.17, 15) is 4.79 Å². The zero-order chi connectivity index (χ0) is 14.3. The number of carbonyl (C=O) groups excluding carboxylic acids is 1. The average Bonchev–Trinajstić information content (AvgIpc) is 2.44. The molecule has 2 N–H and O–H groups in total. The van der Waals surface area contributed by atoms with Crippen molar-refractivity contribution in [3.63, 3.8) is 0 Å². The van der Waals surface area contributed by atoms with Crippen LogP contribution in [0.25, 0.3) is 0 Å². The van der Waals surface area contributed by atoms with Crippen LogP contribution in [0.15, 0.2) is 18.2 Å². The summed E-state index contributed by atoms with van der Waals surface area (Å²) in [5.74, 6) is 0.128. The fraction of sp³-hybridized carbons (Fsp3) is 0.500. The lowest BCUT2D eigenvalue weighted by atomic mass is 10.2. The van der Waals surface area contributed by atoms with Crippen molar-refractivity contribution in [2.24, 2.45) is 0 Å². The first kappa shape index (κ1) is 18.5. The van der Waals surface area contributed by atoms with E-state index in [0.717, 1.165) is 19.6 Å². The highest BCUT2D eigenvalue weighted by Crippen LogP contribution is 2.22. The Bertz CT molecular complexity index is 423. The van der Waals surface area contributed by atoms with E-state index in [1.54, 1.807) is 18.2 Å². The van der Waals surface area contributed by atoms with Gasteiger partial charge in [0, 0.05) is 6.54 Å². The molecule has 5 nitrogen and oxygen atoms in total. The Labute approximate surface area is 126 Å². The van der Waals surface area contributed by atoms with Crippen molar-refractivity contribution in [1.82, 2.24) is 4.90 Å². The number of methoxy groups -OCH3 is 1. The van der Waals surface area contributed by atoms with Gasteiger partial charge in [-0.25, -0.2) is 4.79 Å². The number of nitrogens with two attached hydrogens (primary N) is 1. The summed E-state index contributed by atoms with van der Waals surface area (Å²) in [6, 6.07) is 4.87. The molecule has 1 aromatic carbocycles. The Morgan fingerprint density at radius 2 is 1.95 bits per heavy atom. The van der Waals surface area contributed by atoms with Gasteiger partial charge in [0.2, 0.25) is 0 Å². The molecule has 20 heavy (non-hydrogen) atoms. The summed E-state index contributed by atoms with van der Waals surface area (Å²) in [7, 11) is 1.52. The van der Waals surface area contributed by atoms with E-state index in [-0.39, 0.29) is 18.4 Å². The number of ether oxygens (including phenoxy) is 2. The number of benzene rings is 1. The zero-order valence-electron chi connectivity index (χ0n) is 12.2. The first-order valence-corrected chi connectivity index (χ1v) is 6.45. The fourth-order valence-corrected chi connectivity index (χ4v) is 1.73. The Morgan fingerprint density at radius 1 is 1.30 bits per heavy atom. The van der Waals surface area contributed by atoms with E-state index in [2.05, 4.69) is 18.7 Å². The van der Waals surface area contributed by atoms with E-state index >= 15 is 0 Å². The Balaban J connectivity index is 0.00000361. The fourth-order valence-electron chi connectivity index (χ4n) is 1.73. The highest BCUT2D eigenvalue weighted by molar-refractivity contribution is 5.90. The molecule has 6 heteroatoms. The van der Waals surface area contributed by atoms with Crippen molar-refractivity contribution >= 4 is 24.1 Å². The number of nitrogens with zero attached hydrogens (tertiary/aromatic N) is 1. The number of hydrogen-bond acceptors (Lipinski definition) is 5. The summed E-state index contributed by atoms with van der Waals surface area (Å²) in [6.45, 7) is 7.18. The highest BCUT2D eigenvalue weighted by Gasteiger charge is 2.10. The van der Waals surface area contributed by atoms with Gasteiger partial charge in [-0.05, 0) is 31.3 Å². The predicted octanol–water partition coefficient (Wildman–Crippen LogP) is 2.20. The second-order valence-electron chi connectivity index (χ2n) is 4.12. The molecule has 0 saturated carbocycles. The molecule has 0 amide bonds. The quantitative estimate of drug-likeness (QED) is 0.618. The second-order valence-corrected chi connectivity index (χ2v) is 4.12. The lowest BCUT2D eigenvalue weighted by molar-refractivity contribution is 0.0466. The molecular formula is C14H23ClN2O3. The molecular weight excluding hydrogens is 280 g/mol. The molecule has 0 heterocycles. The van der Waals surface area contributed by atoms with Crippen molar-refractivity contribution in [3.8, 4) is 5.75 Å². The van der Waals surface area contributed by atoms with Crippen molar-refractivity contribution in [1.29, 1.82) is 0 Å². The molecule has 114 valence electrons. The summed E-state index contributed by atoms with van der Waals surface area (Å²) in [5, 5.41) is 0. The van der Waals surface area contributed by atoms with E-state index in [1.165, 1.54) is 7.11 Å². The Kier molecular flexibility index (Phi) is 8.76. The van der Waals surface area contributed by atoms with Gasteiger partial charge in [0.25, 0.3) is 0 Å². The Morgan fingerprint density at radius 3 is 2.50 bits per heavy atom. The van der Waals surface area contributed by atoms with Crippen LogP contribution in [0.4, 0.5) is 5.69 Å². The van der Waals surface area contributed by atoms with Gasteiger partial charge in [0.1, 0.15) is 12.4 Å². The largest absolute Gasteiger partial charge is 0.495 e. The summed E-state index contributed by atoms with van der Waals surface area (Å²) in [5.41, 5.74) is 6.64. The van der Waals surface area contributed by atoms with Crippen LogP contribution in [-0.4, -0.2) is 44.2 Å². The van der Waals surface area contributed by atoms with Crippen molar-refractivity contribution in [2.75, 3.05) is 39.1 Å². The third-order valence-corrected chi connectivity index (χ3v) is 3.00. The number of halogens is 1. The van der Waals surface area contributed by atoms with Gasteiger partial charge < -0.3 is 20.1 Å². The van der Waals surface area contributed by atoms with Gasteiger partial charge in [-0.15, -0.1) is 12.4 Å².